The highest BCUT2D eigenvalue weighted by molar-refractivity contribution is 7.86. The van der Waals surface area contributed by atoms with Gasteiger partial charge in [0.1, 0.15) is 0 Å². The maximum absolute atomic E-state index is 10.6. The van der Waals surface area contributed by atoms with Crippen LogP contribution in [-0.4, -0.2) is 33.4 Å². The van der Waals surface area contributed by atoms with E-state index in [0.29, 0.717) is 6.42 Å². The van der Waals surface area contributed by atoms with Crippen LogP contribution in [0.1, 0.15) is 6.42 Å². The molecule has 1 saturated heterocycles. The van der Waals surface area contributed by atoms with E-state index in [4.69, 9.17) is 0 Å². The second kappa shape index (κ2) is 2.78. The summed E-state index contributed by atoms with van der Waals surface area (Å²) in [7, 11) is -3.54. The van der Waals surface area contributed by atoms with Crippen molar-refractivity contribution >= 4 is 16.1 Å². The van der Waals surface area contributed by atoms with E-state index < -0.39 is 22.2 Å². The molecular weight excluding hydrogens is 172 g/mol. The zero-order valence-corrected chi connectivity index (χ0v) is 6.76. The van der Waals surface area contributed by atoms with Crippen molar-refractivity contribution < 1.29 is 22.1 Å². The van der Waals surface area contributed by atoms with Crippen molar-refractivity contribution in [2.75, 3.05) is 12.9 Å². The van der Waals surface area contributed by atoms with Crippen molar-refractivity contribution in [3.63, 3.8) is 0 Å². The summed E-state index contributed by atoms with van der Waals surface area (Å²) >= 11 is 0. The Labute approximate surface area is 64.4 Å². The highest BCUT2D eigenvalue weighted by Gasteiger charge is 2.30. The minimum absolute atomic E-state index is 0.235. The van der Waals surface area contributed by atoms with Crippen molar-refractivity contribution in [2.24, 2.45) is 0 Å². The first-order valence-electron chi connectivity index (χ1n) is 3.04. The number of ether oxygens (including phenoxy) is 1. The third-order valence-corrected chi connectivity index (χ3v) is 1.76. The maximum atomic E-state index is 10.6. The molecule has 0 saturated carbocycles. The minimum Gasteiger partial charge on any atom is -0.464 e. The molecule has 1 rings (SSSR count). The summed E-state index contributed by atoms with van der Waals surface area (Å²) in [6.07, 6.45) is 0.287. The third kappa shape index (κ3) is 2.47. The van der Waals surface area contributed by atoms with Crippen LogP contribution in [0.2, 0.25) is 0 Å². The number of carbonyl (C=O) groups excluding carboxylic acids is 1. The van der Waals surface area contributed by atoms with Crippen molar-refractivity contribution in [3.8, 4) is 0 Å². The van der Waals surface area contributed by atoms with E-state index in [1.54, 1.807) is 0 Å². The van der Waals surface area contributed by atoms with Gasteiger partial charge < -0.3 is 4.74 Å². The van der Waals surface area contributed by atoms with E-state index in [1.807, 2.05) is 0 Å². The van der Waals surface area contributed by atoms with Gasteiger partial charge in [-0.15, -0.1) is 0 Å². The fourth-order valence-corrected chi connectivity index (χ4v) is 1.37. The summed E-state index contributed by atoms with van der Waals surface area (Å²) in [5.74, 6) is -0.601. The Morgan fingerprint density at radius 3 is 2.64 bits per heavy atom. The molecule has 0 aromatic heterocycles. The minimum atomic E-state index is -3.54. The highest BCUT2D eigenvalue weighted by atomic mass is 32.2. The van der Waals surface area contributed by atoms with Crippen LogP contribution in [0.15, 0.2) is 0 Å². The molecule has 0 N–H and O–H groups in total. The van der Waals surface area contributed by atoms with Crippen LogP contribution in [0.3, 0.4) is 0 Å². The molecule has 1 fully saturated rings. The Morgan fingerprint density at radius 2 is 2.27 bits per heavy atom. The zero-order chi connectivity index (χ0) is 8.48. The predicted octanol–water partition coefficient (Wildman–Crippen LogP) is -0.722. The molecule has 0 bridgehead atoms. The SMILES string of the molecule is CS(=O)(=O)O[C@H]1CCOC1=O. The normalized spacial score (nSPS) is 25.2. The van der Waals surface area contributed by atoms with Gasteiger partial charge in [0.05, 0.1) is 12.9 Å². The first-order valence-corrected chi connectivity index (χ1v) is 4.85. The van der Waals surface area contributed by atoms with Gasteiger partial charge in [-0.2, -0.15) is 8.42 Å². The lowest BCUT2D eigenvalue weighted by molar-refractivity contribution is -0.143. The fourth-order valence-electron chi connectivity index (χ4n) is 0.776. The lowest BCUT2D eigenvalue weighted by Gasteiger charge is -2.03. The average Bonchev–Trinajstić information content (AvgIpc) is 2.12. The van der Waals surface area contributed by atoms with Crippen LogP contribution in [0.25, 0.3) is 0 Å². The molecule has 0 spiro atoms. The maximum Gasteiger partial charge on any atom is 0.336 e. The first kappa shape index (κ1) is 8.48. The lowest BCUT2D eigenvalue weighted by Crippen LogP contribution is -2.21. The van der Waals surface area contributed by atoms with Crippen LogP contribution in [0.5, 0.6) is 0 Å². The number of cyclic esters (lactones) is 1. The Kier molecular flexibility index (Phi) is 2.15. The number of esters is 1. The van der Waals surface area contributed by atoms with E-state index in [0.717, 1.165) is 6.26 Å². The fraction of sp³-hybridized carbons (Fsp3) is 0.800. The highest BCUT2D eigenvalue weighted by Crippen LogP contribution is 2.11. The van der Waals surface area contributed by atoms with Crippen LogP contribution in [0.4, 0.5) is 0 Å². The van der Waals surface area contributed by atoms with Gasteiger partial charge in [0.25, 0.3) is 10.1 Å². The molecule has 1 atom stereocenters. The van der Waals surface area contributed by atoms with Gasteiger partial charge in [0.2, 0.25) is 0 Å². The molecule has 0 aromatic carbocycles. The van der Waals surface area contributed by atoms with Crippen LogP contribution < -0.4 is 0 Å². The van der Waals surface area contributed by atoms with Gasteiger partial charge in [-0.25, -0.2) is 4.79 Å². The Morgan fingerprint density at radius 1 is 1.64 bits per heavy atom. The van der Waals surface area contributed by atoms with E-state index in [9.17, 15) is 13.2 Å². The summed E-state index contributed by atoms with van der Waals surface area (Å²) in [6, 6.07) is 0. The molecule has 5 nitrogen and oxygen atoms in total. The number of hydrogen-bond acceptors (Lipinski definition) is 5. The molecule has 0 aromatic rings. The van der Waals surface area contributed by atoms with Crippen molar-refractivity contribution in [1.29, 1.82) is 0 Å². The molecule has 1 aliphatic rings. The van der Waals surface area contributed by atoms with Gasteiger partial charge in [0.15, 0.2) is 6.10 Å². The van der Waals surface area contributed by atoms with Gasteiger partial charge in [-0.1, -0.05) is 0 Å². The molecule has 11 heavy (non-hydrogen) atoms. The van der Waals surface area contributed by atoms with Gasteiger partial charge in [-0.3, -0.25) is 4.18 Å². The largest absolute Gasteiger partial charge is 0.464 e. The summed E-state index contributed by atoms with van der Waals surface area (Å²) in [5.41, 5.74) is 0. The molecule has 0 amide bonds. The van der Waals surface area contributed by atoms with Gasteiger partial charge in [0, 0.05) is 6.42 Å². The van der Waals surface area contributed by atoms with Gasteiger partial charge in [-0.05, 0) is 0 Å². The molecular formula is C5H8O5S. The molecule has 6 heteroatoms. The number of hydrogen-bond donors (Lipinski definition) is 0. The monoisotopic (exact) mass is 180 g/mol. The molecule has 1 heterocycles. The number of rotatable bonds is 2. The van der Waals surface area contributed by atoms with E-state index >= 15 is 0 Å². The molecule has 0 aliphatic carbocycles. The topological polar surface area (TPSA) is 69.7 Å². The lowest BCUT2D eigenvalue weighted by atomic mass is 10.3. The van der Waals surface area contributed by atoms with E-state index in [1.165, 1.54) is 0 Å². The van der Waals surface area contributed by atoms with Crippen molar-refractivity contribution in [1.82, 2.24) is 0 Å². The van der Waals surface area contributed by atoms with E-state index in [2.05, 4.69) is 8.92 Å². The standard InChI is InChI=1S/C5H8O5S/c1-11(7,8)10-4-2-3-9-5(4)6/h4H,2-3H2,1H3/t4-/m0/s1. The van der Waals surface area contributed by atoms with Gasteiger partial charge >= 0.3 is 5.97 Å². The summed E-state index contributed by atoms with van der Waals surface area (Å²) < 4.78 is 29.9. The van der Waals surface area contributed by atoms with Crippen LogP contribution >= 0.6 is 0 Å². The quantitative estimate of drug-likeness (QED) is 0.414. The van der Waals surface area contributed by atoms with Crippen molar-refractivity contribution in [3.05, 3.63) is 0 Å². The third-order valence-electron chi connectivity index (χ3n) is 1.18. The van der Waals surface area contributed by atoms with Crippen molar-refractivity contribution in [2.45, 2.75) is 12.5 Å². The predicted molar refractivity (Wildman–Crippen MR) is 35.3 cm³/mol. The zero-order valence-electron chi connectivity index (χ0n) is 5.94. The second-order valence-corrected chi connectivity index (χ2v) is 3.85. The molecule has 0 radical (unpaired) electrons. The summed E-state index contributed by atoms with van der Waals surface area (Å²) in [6.45, 7) is 0.235. The molecule has 64 valence electrons. The molecule has 1 aliphatic heterocycles. The summed E-state index contributed by atoms with van der Waals surface area (Å²) in [4.78, 5) is 10.6. The Balaban J connectivity index is 2.57. The Bertz CT molecular complexity index is 254. The Hall–Kier alpha value is -0.620. The average molecular weight is 180 g/mol. The van der Waals surface area contributed by atoms with Crippen LogP contribution in [0, 0.1) is 0 Å². The number of carbonyl (C=O) groups is 1. The summed E-state index contributed by atoms with van der Waals surface area (Å²) in [5, 5.41) is 0. The molecule has 0 unspecified atom stereocenters. The second-order valence-electron chi connectivity index (χ2n) is 2.25. The smallest absolute Gasteiger partial charge is 0.336 e. The van der Waals surface area contributed by atoms with Crippen LogP contribution in [-0.2, 0) is 23.8 Å². The van der Waals surface area contributed by atoms with E-state index in [-0.39, 0.29) is 6.61 Å². The first-order chi connectivity index (χ1) is 4.99.